The minimum atomic E-state index is -1.09. The largest absolute Gasteiger partial charge is 0.386 e. The molecule has 0 aromatic heterocycles. The van der Waals surface area contributed by atoms with Crippen LogP contribution in [0.5, 0.6) is 0 Å². The van der Waals surface area contributed by atoms with Gasteiger partial charge in [-0.1, -0.05) is 12.2 Å². The summed E-state index contributed by atoms with van der Waals surface area (Å²) in [4.78, 5) is 11.6. The van der Waals surface area contributed by atoms with Gasteiger partial charge in [0.05, 0.1) is 5.60 Å². The lowest BCUT2D eigenvalue weighted by molar-refractivity contribution is -0.114. The van der Waals surface area contributed by atoms with Gasteiger partial charge in [-0.3, -0.25) is 4.79 Å². The number of hydrogen-bond acceptors (Lipinski definition) is 2. The molecule has 0 atom stereocenters. The molecule has 0 heterocycles. The first-order valence-electron chi connectivity index (χ1n) is 4.28. The highest BCUT2D eigenvalue weighted by atomic mass is 16.3. The molecule has 0 bridgehead atoms. The molecule has 2 heteroatoms. The van der Waals surface area contributed by atoms with Gasteiger partial charge >= 0.3 is 0 Å². The molecule has 0 rings (SSSR count). The monoisotopic (exact) mass is 182 g/mol. The van der Waals surface area contributed by atoms with Crippen molar-refractivity contribution in [3.63, 3.8) is 0 Å². The summed E-state index contributed by atoms with van der Waals surface area (Å²) >= 11 is 0. The summed E-state index contributed by atoms with van der Waals surface area (Å²) in [5.41, 5.74) is 0.647. The molecule has 0 aliphatic heterocycles. The summed E-state index contributed by atoms with van der Waals surface area (Å²) in [6.07, 6.45) is 0. The van der Waals surface area contributed by atoms with Gasteiger partial charge in [-0.15, -0.1) is 0 Å². The zero-order valence-electron chi connectivity index (χ0n) is 9.06. The summed E-state index contributed by atoms with van der Waals surface area (Å²) in [6, 6.07) is 0. The predicted molar refractivity (Wildman–Crippen MR) is 54.5 cm³/mol. The second kappa shape index (κ2) is 3.88. The van der Waals surface area contributed by atoms with Crippen molar-refractivity contribution in [2.24, 2.45) is 0 Å². The Hall–Kier alpha value is -0.890. The molecule has 1 N–H and O–H groups in total. The summed E-state index contributed by atoms with van der Waals surface area (Å²) in [6.45, 7) is 12.1. The molecule has 0 aromatic rings. The van der Waals surface area contributed by atoms with Crippen molar-refractivity contribution in [1.29, 1.82) is 0 Å². The molecule has 74 valence electrons. The van der Waals surface area contributed by atoms with Gasteiger partial charge in [-0.25, -0.2) is 0 Å². The maximum Gasteiger partial charge on any atom is 0.186 e. The number of hydrogen-bond donors (Lipinski definition) is 1. The van der Waals surface area contributed by atoms with E-state index >= 15 is 0 Å². The van der Waals surface area contributed by atoms with E-state index in [1.165, 1.54) is 0 Å². The Labute approximate surface area is 80.0 Å². The van der Waals surface area contributed by atoms with Crippen LogP contribution in [0.1, 0.15) is 34.6 Å². The molecule has 0 spiro atoms. The quantitative estimate of drug-likeness (QED) is 0.680. The Morgan fingerprint density at radius 3 is 1.69 bits per heavy atom. The number of carbonyl (C=O) groups is 1. The third kappa shape index (κ3) is 3.15. The Balaban J connectivity index is 5.23. The van der Waals surface area contributed by atoms with Crippen molar-refractivity contribution in [1.82, 2.24) is 0 Å². The van der Waals surface area contributed by atoms with Gasteiger partial charge in [-0.2, -0.15) is 0 Å². The highest BCUT2D eigenvalue weighted by Gasteiger charge is 2.26. The summed E-state index contributed by atoms with van der Waals surface area (Å²) in [5, 5.41) is 9.75. The lowest BCUT2D eigenvalue weighted by Crippen LogP contribution is -2.29. The van der Waals surface area contributed by atoms with Crippen LogP contribution in [0.2, 0.25) is 0 Å². The number of allylic oxidation sites excluding steroid dienone is 2. The standard InChI is InChI=1S/C11H18O2/c1-7(2)9(11(5,6)13)10(12)8(3)4/h13H,3H2,1-2,4-6H3. The first-order chi connectivity index (χ1) is 5.68. The van der Waals surface area contributed by atoms with E-state index in [4.69, 9.17) is 0 Å². The van der Waals surface area contributed by atoms with E-state index in [2.05, 4.69) is 6.58 Å². The van der Waals surface area contributed by atoms with E-state index in [9.17, 15) is 9.90 Å². The van der Waals surface area contributed by atoms with E-state index in [1.807, 2.05) is 13.8 Å². The second-order valence-corrected chi connectivity index (χ2v) is 4.04. The highest BCUT2D eigenvalue weighted by molar-refractivity contribution is 6.09. The van der Waals surface area contributed by atoms with Crippen LogP contribution in [0.4, 0.5) is 0 Å². The van der Waals surface area contributed by atoms with Gasteiger partial charge < -0.3 is 5.11 Å². The Kier molecular flexibility index (Phi) is 3.61. The zero-order chi connectivity index (χ0) is 10.8. The third-order valence-corrected chi connectivity index (χ3v) is 1.73. The summed E-state index contributed by atoms with van der Waals surface area (Å²) in [7, 11) is 0. The van der Waals surface area contributed by atoms with Crippen LogP contribution in [0.25, 0.3) is 0 Å². The summed E-state index contributed by atoms with van der Waals surface area (Å²) in [5.74, 6) is -0.160. The van der Waals surface area contributed by atoms with E-state index in [1.54, 1.807) is 20.8 Å². The van der Waals surface area contributed by atoms with Crippen LogP contribution in [0.15, 0.2) is 23.3 Å². The summed E-state index contributed by atoms with van der Waals surface area (Å²) < 4.78 is 0. The van der Waals surface area contributed by atoms with E-state index in [0.29, 0.717) is 11.1 Å². The average molecular weight is 182 g/mol. The molecule has 2 nitrogen and oxygen atoms in total. The van der Waals surface area contributed by atoms with Crippen LogP contribution >= 0.6 is 0 Å². The molecule has 0 radical (unpaired) electrons. The fourth-order valence-electron chi connectivity index (χ4n) is 1.33. The van der Waals surface area contributed by atoms with Gasteiger partial charge in [-0.05, 0) is 40.2 Å². The van der Waals surface area contributed by atoms with E-state index in [0.717, 1.165) is 5.57 Å². The molecule has 0 aliphatic carbocycles. The third-order valence-electron chi connectivity index (χ3n) is 1.73. The van der Waals surface area contributed by atoms with Crippen molar-refractivity contribution < 1.29 is 9.90 Å². The van der Waals surface area contributed by atoms with Gasteiger partial charge in [0.1, 0.15) is 0 Å². The Bertz CT molecular complexity index is 260. The van der Waals surface area contributed by atoms with Gasteiger partial charge in [0.15, 0.2) is 5.78 Å². The SMILES string of the molecule is C=C(C)C(=O)C(=C(C)C)C(C)(C)O. The minimum Gasteiger partial charge on any atom is -0.386 e. The molecular weight excluding hydrogens is 164 g/mol. The van der Waals surface area contributed by atoms with Crippen LogP contribution in [-0.4, -0.2) is 16.5 Å². The number of rotatable bonds is 3. The molecular formula is C11H18O2. The number of aliphatic hydroxyl groups is 1. The molecule has 0 amide bonds. The van der Waals surface area contributed by atoms with Crippen LogP contribution in [-0.2, 0) is 4.79 Å². The van der Waals surface area contributed by atoms with Crippen LogP contribution in [0, 0.1) is 0 Å². The highest BCUT2D eigenvalue weighted by Crippen LogP contribution is 2.22. The number of Topliss-reactive ketones (excluding diaryl/α,β-unsaturated/α-hetero) is 1. The van der Waals surface area contributed by atoms with Crippen molar-refractivity contribution >= 4 is 5.78 Å². The van der Waals surface area contributed by atoms with Crippen molar-refractivity contribution in [3.8, 4) is 0 Å². The average Bonchev–Trinajstić information content (AvgIpc) is 1.82. The fourth-order valence-corrected chi connectivity index (χ4v) is 1.33. The Morgan fingerprint density at radius 1 is 1.23 bits per heavy atom. The maximum atomic E-state index is 11.6. The molecule has 0 saturated carbocycles. The van der Waals surface area contributed by atoms with Crippen molar-refractivity contribution in [2.45, 2.75) is 40.2 Å². The van der Waals surface area contributed by atoms with E-state index < -0.39 is 5.60 Å². The molecule has 0 aliphatic rings. The van der Waals surface area contributed by atoms with Gasteiger partial charge in [0.25, 0.3) is 0 Å². The lowest BCUT2D eigenvalue weighted by atomic mass is 9.88. The normalized spacial score (nSPS) is 10.9. The molecule has 0 fully saturated rings. The topological polar surface area (TPSA) is 37.3 Å². The molecule has 0 unspecified atom stereocenters. The Morgan fingerprint density at radius 2 is 1.62 bits per heavy atom. The molecule has 13 heavy (non-hydrogen) atoms. The van der Waals surface area contributed by atoms with Gasteiger partial charge in [0.2, 0.25) is 0 Å². The fraction of sp³-hybridized carbons (Fsp3) is 0.545. The van der Waals surface area contributed by atoms with Gasteiger partial charge in [0, 0.05) is 5.57 Å². The lowest BCUT2D eigenvalue weighted by Gasteiger charge is -2.22. The smallest absolute Gasteiger partial charge is 0.186 e. The first-order valence-corrected chi connectivity index (χ1v) is 4.28. The maximum absolute atomic E-state index is 11.6. The predicted octanol–water partition coefficient (Wildman–Crippen LogP) is 2.24. The second-order valence-electron chi connectivity index (χ2n) is 4.04. The van der Waals surface area contributed by atoms with E-state index in [-0.39, 0.29) is 5.78 Å². The zero-order valence-corrected chi connectivity index (χ0v) is 9.06. The van der Waals surface area contributed by atoms with Crippen molar-refractivity contribution in [3.05, 3.63) is 23.3 Å². The number of ketones is 1. The first kappa shape index (κ1) is 12.1. The van der Waals surface area contributed by atoms with Crippen LogP contribution < -0.4 is 0 Å². The van der Waals surface area contributed by atoms with Crippen molar-refractivity contribution in [2.75, 3.05) is 0 Å². The molecule has 0 aromatic carbocycles. The van der Waals surface area contributed by atoms with Crippen LogP contribution in [0.3, 0.4) is 0 Å². The molecule has 0 saturated heterocycles. The minimum absolute atomic E-state index is 0.160. The number of carbonyl (C=O) groups excluding carboxylic acids is 1.